The van der Waals surface area contributed by atoms with Gasteiger partial charge in [0.05, 0.1) is 11.9 Å². The van der Waals surface area contributed by atoms with Gasteiger partial charge in [-0.15, -0.1) is 0 Å². The molecule has 0 aliphatic carbocycles. The summed E-state index contributed by atoms with van der Waals surface area (Å²) >= 11 is 3.37. The third-order valence-electron chi connectivity index (χ3n) is 3.06. The molecule has 4 nitrogen and oxygen atoms in total. The standard InChI is InChI=1S/C11H16BrN3O/c1-8-4-3-5-15(7-8)9-6-13-14(2)11(16)10(9)12/h6,8H,3-5,7H2,1-2H3. The van der Waals surface area contributed by atoms with E-state index >= 15 is 0 Å². The van der Waals surface area contributed by atoms with Crippen molar-refractivity contribution in [1.82, 2.24) is 9.78 Å². The largest absolute Gasteiger partial charge is 0.369 e. The monoisotopic (exact) mass is 285 g/mol. The Kier molecular flexibility index (Phi) is 3.33. The Morgan fingerprint density at radius 3 is 3.00 bits per heavy atom. The van der Waals surface area contributed by atoms with E-state index in [2.05, 4.69) is 32.9 Å². The van der Waals surface area contributed by atoms with Gasteiger partial charge < -0.3 is 4.90 Å². The van der Waals surface area contributed by atoms with Crippen LogP contribution in [0, 0.1) is 5.92 Å². The fourth-order valence-electron chi connectivity index (χ4n) is 2.13. The van der Waals surface area contributed by atoms with E-state index in [0.717, 1.165) is 18.8 Å². The highest BCUT2D eigenvalue weighted by Gasteiger charge is 2.20. The molecular formula is C11H16BrN3O. The summed E-state index contributed by atoms with van der Waals surface area (Å²) < 4.78 is 1.97. The van der Waals surface area contributed by atoms with Gasteiger partial charge in [0.1, 0.15) is 4.47 Å². The number of aryl methyl sites for hydroxylation is 1. The van der Waals surface area contributed by atoms with Crippen LogP contribution >= 0.6 is 15.9 Å². The molecule has 1 atom stereocenters. The Hall–Kier alpha value is -0.840. The first kappa shape index (κ1) is 11.6. The molecule has 0 bridgehead atoms. The number of rotatable bonds is 1. The maximum Gasteiger partial charge on any atom is 0.282 e. The third-order valence-corrected chi connectivity index (χ3v) is 3.80. The molecule has 1 aliphatic rings. The Bertz CT molecular complexity index is 443. The van der Waals surface area contributed by atoms with Crippen LogP contribution in [0.3, 0.4) is 0 Å². The van der Waals surface area contributed by atoms with Crippen molar-refractivity contribution in [3.05, 3.63) is 21.0 Å². The average molecular weight is 286 g/mol. The molecule has 0 amide bonds. The van der Waals surface area contributed by atoms with E-state index in [1.54, 1.807) is 13.2 Å². The zero-order valence-electron chi connectivity index (χ0n) is 9.61. The molecular weight excluding hydrogens is 270 g/mol. The van der Waals surface area contributed by atoms with Gasteiger partial charge in [0.2, 0.25) is 0 Å². The lowest BCUT2D eigenvalue weighted by atomic mass is 10.00. The zero-order valence-corrected chi connectivity index (χ0v) is 11.2. The summed E-state index contributed by atoms with van der Waals surface area (Å²) in [6.45, 7) is 4.26. The quantitative estimate of drug-likeness (QED) is 0.790. The van der Waals surface area contributed by atoms with Gasteiger partial charge in [0.15, 0.2) is 0 Å². The molecule has 1 saturated heterocycles. The van der Waals surface area contributed by atoms with Crippen LogP contribution in [0.1, 0.15) is 19.8 Å². The molecule has 0 saturated carbocycles. The predicted octanol–water partition coefficient (Wildman–Crippen LogP) is 1.78. The normalized spacial score (nSPS) is 21.2. The number of hydrogen-bond acceptors (Lipinski definition) is 3. The second-order valence-electron chi connectivity index (χ2n) is 4.47. The average Bonchev–Trinajstić information content (AvgIpc) is 2.26. The van der Waals surface area contributed by atoms with Crippen LogP contribution < -0.4 is 10.5 Å². The smallest absolute Gasteiger partial charge is 0.282 e. The molecule has 0 radical (unpaired) electrons. The second-order valence-corrected chi connectivity index (χ2v) is 5.26. The highest BCUT2D eigenvalue weighted by molar-refractivity contribution is 9.10. The van der Waals surface area contributed by atoms with Crippen molar-refractivity contribution in [2.45, 2.75) is 19.8 Å². The van der Waals surface area contributed by atoms with Crippen LogP contribution in [0.2, 0.25) is 0 Å². The van der Waals surface area contributed by atoms with Crippen molar-refractivity contribution >= 4 is 21.6 Å². The van der Waals surface area contributed by atoms with Crippen LogP contribution in [0.25, 0.3) is 0 Å². The summed E-state index contributed by atoms with van der Waals surface area (Å²) in [7, 11) is 1.66. The van der Waals surface area contributed by atoms with Crippen LogP contribution in [0.15, 0.2) is 15.5 Å². The number of piperidine rings is 1. The molecule has 1 unspecified atom stereocenters. The van der Waals surface area contributed by atoms with E-state index in [4.69, 9.17) is 0 Å². The van der Waals surface area contributed by atoms with Crippen molar-refractivity contribution in [3.8, 4) is 0 Å². The summed E-state index contributed by atoms with van der Waals surface area (Å²) in [6.07, 6.45) is 4.22. The molecule has 88 valence electrons. The van der Waals surface area contributed by atoms with Gasteiger partial charge >= 0.3 is 0 Å². The highest BCUT2D eigenvalue weighted by atomic mass is 79.9. The number of aromatic nitrogens is 2. The summed E-state index contributed by atoms with van der Waals surface area (Å²) in [5.41, 5.74) is 0.852. The van der Waals surface area contributed by atoms with E-state index in [-0.39, 0.29) is 5.56 Å². The first-order valence-corrected chi connectivity index (χ1v) is 6.35. The summed E-state index contributed by atoms with van der Waals surface area (Å²) in [5.74, 6) is 0.685. The van der Waals surface area contributed by atoms with Crippen molar-refractivity contribution < 1.29 is 0 Å². The Morgan fingerprint density at radius 2 is 2.31 bits per heavy atom. The molecule has 5 heteroatoms. The topological polar surface area (TPSA) is 38.1 Å². The Morgan fingerprint density at radius 1 is 1.56 bits per heavy atom. The Labute approximate surface area is 103 Å². The minimum atomic E-state index is -0.0734. The number of hydrogen-bond donors (Lipinski definition) is 0. The second kappa shape index (κ2) is 4.57. The minimum Gasteiger partial charge on any atom is -0.369 e. The summed E-state index contributed by atoms with van der Waals surface area (Å²) in [4.78, 5) is 14.0. The first-order chi connectivity index (χ1) is 7.59. The summed E-state index contributed by atoms with van der Waals surface area (Å²) in [6, 6.07) is 0. The van der Waals surface area contributed by atoms with E-state index in [9.17, 15) is 4.79 Å². The van der Waals surface area contributed by atoms with E-state index in [1.165, 1.54) is 17.5 Å². The lowest BCUT2D eigenvalue weighted by Crippen LogP contribution is -2.36. The fourth-order valence-corrected chi connectivity index (χ4v) is 2.74. The third kappa shape index (κ3) is 2.14. The maximum absolute atomic E-state index is 11.7. The molecule has 1 aromatic heterocycles. The lowest BCUT2D eigenvalue weighted by Gasteiger charge is -2.32. The van der Waals surface area contributed by atoms with Gasteiger partial charge in [-0.2, -0.15) is 5.10 Å². The minimum absolute atomic E-state index is 0.0734. The van der Waals surface area contributed by atoms with Gasteiger partial charge in [-0.25, -0.2) is 4.68 Å². The lowest BCUT2D eigenvalue weighted by molar-refractivity contribution is 0.445. The molecule has 0 N–H and O–H groups in total. The molecule has 1 fully saturated rings. The number of anilines is 1. The maximum atomic E-state index is 11.7. The van der Waals surface area contributed by atoms with Crippen molar-refractivity contribution in [3.63, 3.8) is 0 Å². The van der Waals surface area contributed by atoms with Gasteiger partial charge in [-0.3, -0.25) is 4.79 Å². The van der Waals surface area contributed by atoms with E-state index in [1.807, 2.05) is 0 Å². The fraction of sp³-hybridized carbons (Fsp3) is 0.636. The van der Waals surface area contributed by atoms with Crippen LogP contribution in [-0.2, 0) is 7.05 Å². The van der Waals surface area contributed by atoms with Crippen molar-refractivity contribution in [1.29, 1.82) is 0 Å². The van der Waals surface area contributed by atoms with Crippen LogP contribution in [-0.4, -0.2) is 22.9 Å². The number of halogens is 1. The molecule has 0 spiro atoms. The van der Waals surface area contributed by atoms with Crippen molar-refractivity contribution in [2.24, 2.45) is 13.0 Å². The van der Waals surface area contributed by atoms with E-state index < -0.39 is 0 Å². The van der Waals surface area contributed by atoms with Gasteiger partial charge in [-0.1, -0.05) is 6.92 Å². The molecule has 2 rings (SSSR count). The zero-order chi connectivity index (χ0) is 11.7. The van der Waals surface area contributed by atoms with Crippen LogP contribution in [0.5, 0.6) is 0 Å². The van der Waals surface area contributed by atoms with Crippen molar-refractivity contribution in [2.75, 3.05) is 18.0 Å². The Balaban J connectivity index is 2.33. The molecule has 1 aliphatic heterocycles. The highest BCUT2D eigenvalue weighted by Crippen LogP contribution is 2.26. The molecule has 1 aromatic rings. The van der Waals surface area contributed by atoms with Gasteiger partial charge in [-0.05, 0) is 34.7 Å². The molecule has 16 heavy (non-hydrogen) atoms. The SMILES string of the molecule is CC1CCCN(c2cnn(C)c(=O)c2Br)C1. The molecule has 2 heterocycles. The molecule has 0 aromatic carbocycles. The number of nitrogens with zero attached hydrogens (tertiary/aromatic N) is 3. The van der Waals surface area contributed by atoms with Gasteiger partial charge in [0, 0.05) is 20.1 Å². The van der Waals surface area contributed by atoms with Gasteiger partial charge in [0.25, 0.3) is 5.56 Å². The van der Waals surface area contributed by atoms with Crippen LogP contribution in [0.4, 0.5) is 5.69 Å². The van der Waals surface area contributed by atoms with E-state index in [0.29, 0.717) is 10.4 Å². The predicted molar refractivity (Wildman–Crippen MR) is 67.8 cm³/mol. The first-order valence-electron chi connectivity index (χ1n) is 5.56. The summed E-state index contributed by atoms with van der Waals surface area (Å²) in [5, 5.41) is 4.07.